The topological polar surface area (TPSA) is 0 Å². The summed E-state index contributed by atoms with van der Waals surface area (Å²) in [6.07, 6.45) is 0.995. The Balaban J connectivity index is 1.81. The zero-order chi connectivity index (χ0) is 14.2. The Bertz CT molecular complexity index is 922. The highest BCUT2D eigenvalue weighted by atomic mass is 79.9. The van der Waals surface area contributed by atoms with E-state index in [1.165, 1.54) is 31.3 Å². The standard InChI is InChI=1S/C19H13BrS/c20-15-7-9-18-17(12-15)16-8-6-14(11-19(16)21-18)10-13-4-2-1-3-5-13/h1-9,11-12H,10H2. The lowest BCUT2D eigenvalue weighted by atomic mass is 10.0. The maximum Gasteiger partial charge on any atom is 0.0358 e. The van der Waals surface area contributed by atoms with Gasteiger partial charge in [0.25, 0.3) is 0 Å². The van der Waals surface area contributed by atoms with Crippen molar-refractivity contribution in [3.8, 4) is 0 Å². The summed E-state index contributed by atoms with van der Waals surface area (Å²) in [5, 5.41) is 2.70. The summed E-state index contributed by atoms with van der Waals surface area (Å²) < 4.78 is 3.87. The molecule has 0 amide bonds. The van der Waals surface area contributed by atoms with Crippen molar-refractivity contribution in [1.82, 2.24) is 0 Å². The highest BCUT2D eigenvalue weighted by Gasteiger charge is 2.06. The largest absolute Gasteiger partial charge is 0.135 e. The van der Waals surface area contributed by atoms with E-state index in [1.54, 1.807) is 0 Å². The molecular formula is C19H13BrS. The first-order chi connectivity index (χ1) is 10.3. The molecule has 4 aromatic rings. The van der Waals surface area contributed by atoms with Gasteiger partial charge in [-0.3, -0.25) is 0 Å². The molecule has 0 radical (unpaired) electrons. The van der Waals surface area contributed by atoms with E-state index in [4.69, 9.17) is 0 Å². The summed E-state index contributed by atoms with van der Waals surface area (Å²) in [7, 11) is 0. The number of benzene rings is 3. The summed E-state index contributed by atoms with van der Waals surface area (Å²) in [5.41, 5.74) is 2.74. The normalized spacial score (nSPS) is 11.3. The van der Waals surface area contributed by atoms with Crippen molar-refractivity contribution in [2.24, 2.45) is 0 Å². The van der Waals surface area contributed by atoms with Crippen LogP contribution in [0.25, 0.3) is 20.2 Å². The predicted molar refractivity (Wildman–Crippen MR) is 96.3 cm³/mol. The number of hydrogen-bond donors (Lipinski definition) is 0. The molecule has 0 atom stereocenters. The Kier molecular flexibility index (Phi) is 3.28. The lowest BCUT2D eigenvalue weighted by Gasteiger charge is -2.02. The third-order valence-corrected chi connectivity index (χ3v) is 5.38. The summed E-state index contributed by atoms with van der Waals surface area (Å²) in [4.78, 5) is 0. The molecule has 0 nitrogen and oxygen atoms in total. The van der Waals surface area contributed by atoms with Gasteiger partial charge in [-0.1, -0.05) is 58.4 Å². The Morgan fingerprint density at radius 2 is 1.57 bits per heavy atom. The highest BCUT2D eigenvalue weighted by Crippen LogP contribution is 2.36. The van der Waals surface area contributed by atoms with E-state index in [2.05, 4.69) is 82.7 Å². The minimum Gasteiger partial charge on any atom is -0.135 e. The molecule has 0 unspecified atom stereocenters. The second-order valence-electron chi connectivity index (χ2n) is 5.24. The van der Waals surface area contributed by atoms with E-state index in [0.717, 1.165) is 10.9 Å². The predicted octanol–water partition coefficient (Wildman–Crippen LogP) is 6.41. The maximum absolute atomic E-state index is 3.57. The van der Waals surface area contributed by atoms with Crippen LogP contribution in [0.1, 0.15) is 11.1 Å². The lowest BCUT2D eigenvalue weighted by molar-refractivity contribution is 1.20. The van der Waals surface area contributed by atoms with E-state index >= 15 is 0 Å². The van der Waals surface area contributed by atoms with Crippen LogP contribution in [0.15, 0.2) is 71.2 Å². The fourth-order valence-corrected chi connectivity index (χ4v) is 4.25. The minimum atomic E-state index is 0.995. The van der Waals surface area contributed by atoms with Crippen LogP contribution >= 0.6 is 27.3 Å². The number of hydrogen-bond acceptors (Lipinski definition) is 1. The fraction of sp³-hybridized carbons (Fsp3) is 0.0526. The molecule has 0 fully saturated rings. The smallest absolute Gasteiger partial charge is 0.0358 e. The SMILES string of the molecule is Brc1ccc2sc3cc(Cc4ccccc4)ccc3c2c1. The quantitative estimate of drug-likeness (QED) is 0.391. The van der Waals surface area contributed by atoms with Crippen LogP contribution in [0.5, 0.6) is 0 Å². The highest BCUT2D eigenvalue weighted by molar-refractivity contribution is 9.10. The van der Waals surface area contributed by atoms with Crippen LogP contribution in [0.3, 0.4) is 0 Å². The molecule has 0 spiro atoms. The first-order valence-electron chi connectivity index (χ1n) is 6.94. The van der Waals surface area contributed by atoms with Crippen LogP contribution in [0.2, 0.25) is 0 Å². The molecule has 102 valence electrons. The molecule has 0 aliphatic carbocycles. The van der Waals surface area contributed by atoms with Crippen molar-refractivity contribution in [2.45, 2.75) is 6.42 Å². The van der Waals surface area contributed by atoms with Gasteiger partial charge in [-0.2, -0.15) is 0 Å². The van der Waals surface area contributed by atoms with Crippen molar-refractivity contribution in [3.05, 3.63) is 82.3 Å². The molecule has 1 aromatic heterocycles. The third kappa shape index (κ3) is 2.50. The molecule has 4 rings (SSSR count). The van der Waals surface area contributed by atoms with Crippen LogP contribution < -0.4 is 0 Å². The number of halogens is 1. The van der Waals surface area contributed by atoms with E-state index in [-0.39, 0.29) is 0 Å². The van der Waals surface area contributed by atoms with Crippen LogP contribution in [-0.2, 0) is 6.42 Å². The average Bonchev–Trinajstić information content (AvgIpc) is 2.85. The minimum absolute atomic E-state index is 0.995. The van der Waals surface area contributed by atoms with Crippen molar-refractivity contribution >= 4 is 47.4 Å². The summed E-state index contributed by atoms with van der Waals surface area (Å²) in [6.45, 7) is 0. The van der Waals surface area contributed by atoms with E-state index in [0.29, 0.717) is 0 Å². The summed E-state index contributed by atoms with van der Waals surface area (Å²) in [5.74, 6) is 0. The van der Waals surface area contributed by atoms with Gasteiger partial charge < -0.3 is 0 Å². The first-order valence-corrected chi connectivity index (χ1v) is 8.55. The number of fused-ring (bicyclic) bond motifs is 3. The van der Waals surface area contributed by atoms with E-state index in [9.17, 15) is 0 Å². The van der Waals surface area contributed by atoms with Gasteiger partial charge >= 0.3 is 0 Å². The Morgan fingerprint density at radius 1 is 0.714 bits per heavy atom. The number of rotatable bonds is 2. The van der Waals surface area contributed by atoms with Gasteiger partial charge in [0.2, 0.25) is 0 Å². The molecular weight excluding hydrogens is 340 g/mol. The third-order valence-electron chi connectivity index (χ3n) is 3.75. The maximum atomic E-state index is 3.57. The van der Waals surface area contributed by atoms with E-state index < -0.39 is 0 Å². The summed E-state index contributed by atoms with van der Waals surface area (Å²) in [6, 6.07) is 24.0. The van der Waals surface area contributed by atoms with Gasteiger partial charge in [0.15, 0.2) is 0 Å². The van der Waals surface area contributed by atoms with Crippen molar-refractivity contribution in [1.29, 1.82) is 0 Å². The second kappa shape index (κ2) is 5.28. The van der Waals surface area contributed by atoms with Crippen LogP contribution in [0, 0.1) is 0 Å². The monoisotopic (exact) mass is 352 g/mol. The molecule has 0 bridgehead atoms. The van der Waals surface area contributed by atoms with Gasteiger partial charge in [0.05, 0.1) is 0 Å². The molecule has 0 aliphatic rings. The molecule has 0 N–H and O–H groups in total. The van der Waals surface area contributed by atoms with Gasteiger partial charge in [0, 0.05) is 24.6 Å². The van der Waals surface area contributed by atoms with Crippen LogP contribution in [0.4, 0.5) is 0 Å². The van der Waals surface area contributed by atoms with Gasteiger partial charge in [-0.15, -0.1) is 11.3 Å². The van der Waals surface area contributed by atoms with Gasteiger partial charge in [-0.05, 0) is 41.8 Å². The van der Waals surface area contributed by atoms with Gasteiger partial charge in [0.1, 0.15) is 0 Å². The average molecular weight is 353 g/mol. The molecule has 2 heteroatoms. The Hall–Kier alpha value is -1.64. The van der Waals surface area contributed by atoms with Crippen molar-refractivity contribution in [3.63, 3.8) is 0 Å². The Morgan fingerprint density at radius 3 is 2.43 bits per heavy atom. The van der Waals surface area contributed by atoms with E-state index in [1.807, 2.05) is 11.3 Å². The first kappa shape index (κ1) is 13.1. The molecule has 21 heavy (non-hydrogen) atoms. The van der Waals surface area contributed by atoms with Crippen molar-refractivity contribution < 1.29 is 0 Å². The second-order valence-corrected chi connectivity index (χ2v) is 7.23. The zero-order valence-corrected chi connectivity index (χ0v) is 13.7. The fourth-order valence-electron chi connectivity index (χ4n) is 2.74. The van der Waals surface area contributed by atoms with Crippen LogP contribution in [-0.4, -0.2) is 0 Å². The van der Waals surface area contributed by atoms with Gasteiger partial charge in [-0.25, -0.2) is 0 Å². The lowest BCUT2D eigenvalue weighted by Crippen LogP contribution is -1.86. The van der Waals surface area contributed by atoms with Crippen molar-refractivity contribution in [2.75, 3.05) is 0 Å². The molecule has 3 aromatic carbocycles. The Labute approximate surface area is 136 Å². The molecule has 0 saturated heterocycles. The molecule has 1 heterocycles. The number of thiophene rings is 1. The molecule has 0 saturated carbocycles. The zero-order valence-electron chi connectivity index (χ0n) is 11.3. The molecule has 0 aliphatic heterocycles. The summed E-state index contributed by atoms with van der Waals surface area (Å²) >= 11 is 5.44.